The van der Waals surface area contributed by atoms with Gasteiger partial charge in [0.05, 0.1) is 12.1 Å². The Morgan fingerprint density at radius 1 is 1.31 bits per heavy atom. The molecule has 2 rings (SSSR count). The molecule has 16 heavy (non-hydrogen) atoms. The molecule has 1 aromatic carbocycles. The second kappa shape index (κ2) is 4.66. The number of rotatable bonds is 4. The summed E-state index contributed by atoms with van der Waals surface area (Å²) in [5.74, 6) is -0.191. The average molecular weight is 221 g/mol. The molecule has 0 N–H and O–H groups in total. The van der Waals surface area contributed by atoms with E-state index in [0.717, 1.165) is 23.0 Å². The lowest BCUT2D eigenvalue weighted by Crippen LogP contribution is -1.92. The summed E-state index contributed by atoms with van der Waals surface area (Å²) in [4.78, 5) is 0. The number of nitrogens with zero attached hydrogens (tertiary/aromatic N) is 1. The molecular formula is C13H16FNO. The van der Waals surface area contributed by atoms with Gasteiger partial charge in [0.1, 0.15) is 5.82 Å². The third-order valence-electron chi connectivity index (χ3n) is 2.73. The van der Waals surface area contributed by atoms with Crippen LogP contribution in [-0.2, 0) is 17.9 Å². The van der Waals surface area contributed by atoms with E-state index in [9.17, 15) is 4.39 Å². The van der Waals surface area contributed by atoms with E-state index < -0.39 is 0 Å². The fourth-order valence-corrected chi connectivity index (χ4v) is 1.93. The molecule has 2 nitrogen and oxygen atoms in total. The SMILES string of the molecule is CCOCc1cn(CC)c2cc(F)ccc12. The summed E-state index contributed by atoms with van der Waals surface area (Å²) >= 11 is 0. The summed E-state index contributed by atoms with van der Waals surface area (Å²) in [5, 5.41) is 1.08. The standard InChI is InChI=1S/C13H16FNO/c1-3-15-8-10(9-16-4-2)12-6-5-11(14)7-13(12)15/h5-8H,3-4,9H2,1-2H3. The van der Waals surface area contributed by atoms with Gasteiger partial charge in [0.15, 0.2) is 0 Å². The number of fused-ring (bicyclic) bond motifs is 1. The maximum atomic E-state index is 13.2. The molecule has 0 aliphatic heterocycles. The van der Waals surface area contributed by atoms with Crippen molar-refractivity contribution in [3.63, 3.8) is 0 Å². The fraction of sp³-hybridized carbons (Fsp3) is 0.385. The quantitative estimate of drug-likeness (QED) is 0.772. The molecule has 86 valence electrons. The number of ether oxygens (including phenoxy) is 1. The average Bonchev–Trinajstić information content (AvgIpc) is 2.63. The van der Waals surface area contributed by atoms with Crippen molar-refractivity contribution < 1.29 is 9.13 Å². The molecule has 0 amide bonds. The van der Waals surface area contributed by atoms with Gasteiger partial charge in [-0.3, -0.25) is 0 Å². The third kappa shape index (κ3) is 1.95. The van der Waals surface area contributed by atoms with Crippen LogP contribution in [0.4, 0.5) is 4.39 Å². The summed E-state index contributed by atoms with van der Waals surface area (Å²) in [6.07, 6.45) is 2.04. The van der Waals surface area contributed by atoms with Crippen molar-refractivity contribution in [2.24, 2.45) is 0 Å². The molecule has 3 heteroatoms. The molecule has 0 unspecified atom stereocenters. The smallest absolute Gasteiger partial charge is 0.125 e. The van der Waals surface area contributed by atoms with Gasteiger partial charge in [0.25, 0.3) is 0 Å². The van der Waals surface area contributed by atoms with Crippen molar-refractivity contribution in [3.05, 3.63) is 35.8 Å². The monoisotopic (exact) mass is 221 g/mol. The minimum absolute atomic E-state index is 0.191. The Bertz CT molecular complexity index is 490. The molecule has 0 bridgehead atoms. The zero-order valence-corrected chi connectivity index (χ0v) is 9.66. The van der Waals surface area contributed by atoms with Crippen LogP contribution in [0.25, 0.3) is 10.9 Å². The van der Waals surface area contributed by atoms with Crippen LogP contribution in [0.1, 0.15) is 19.4 Å². The van der Waals surface area contributed by atoms with E-state index in [4.69, 9.17) is 4.74 Å². The summed E-state index contributed by atoms with van der Waals surface area (Å²) in [6.45, 7) is 6.14. The Kier molecular flexibility index (Phi) is 3.25. The maximum absolute atomic E-state index is 13.2. The van der Waals surface area contributed by atoms with Crippen LogP contribution >= 0.6 is 0 Å². The first-order valence-electron chi connectivity index (χ1n) is 5.61. The molecule has 0 saturated heterocycles. The number of aromatic nitrogens is 1. The first kappa shape index (κ1) is 11.1. The Hall–Kier alpha value is -1.35. The summed E-state index contributed by atoms with van der Waals surface area (Å²) < 4.78 is 20.6. The van der Waals surface area contributed by atoms with Gasteiger partial charge in [-0.2, -0.15) is 0 Å². The molecule has 0 atom stereocenters. The van der Waals surface area contributed by atoms with Crippen LogP contribution in [0, 0.1) is 5.82 Å². The van der Waals surface area contributed by atoms with E-state index in [1.54, 1.807) is 6.07 Å². The Balaban J connectivity index is 2.50. The lowest BCUT2D eigenvalue weighted by Gasteiger charge is -1.99. The first-order valence-corrected chi connectivity index (χ1v) is 5.61. The van der Waals surface area contributed by atoms with E-state index >= 15 is 0 Å². The Morgan fingerprint density at radius 3 is 2.81 bits per heavy atom. The van der Waals surface area contributed by atoms with Crippen LogP contribution < -0.4 is 0 Å². The molecule has 0 aliphatic rings. The van der Waals surface area contributed by atoms with Crippen molar-refractivity contribution in [1.29, 1.82) is 0 Å². The molecule has 0 spiro atoms. The van der Waals surface area contributed by atoms with Gasteiger partial charge >= 0.3 is 0 Å². The van der Waals surface area contributed by atoms with Gasteiger partial charge in [-0.25, -0.2) is 4.39 Å². The molecule has 0 fully saturated rings. The summed E-state index contributed by atoms with van der Waals surface area (Å²) in [6, 6.07) is 4.90. The first-order chi connectivity index (χ1) is 7.76. The minimum atomic E-state index is -0.191. The second-order valence-electron chi connectivity index (χ2n) is 3.74. The number of benzene rings is 1. The van der Waals surface area contributed by atoms with Crippen LogP contribution in [-0.4, -0.2) is 11.2 Å². The minimum Gasteiger partial charge on any atom is -0.377 e. The number of halogens is 1. The van der Waals surface area contributed by atoms with E-state index in [0.29, 0.717) is 13.2 Å². The molecule has 0 radical (unpaired) electrons. The highest BCUT2D eigenvalue weighted by Crippen LogP contribution is 2.23. The third-order valence-corrected chi connectivity index (χ3v) is 2.73. The number of aryl methyl sites for hydroxylation is 1. The Labute approximate surface area is 94.6 Å². The van der Waals surface area contributed by atoms with Gasteiger partial charge in [-0.05, 0) is 32.0 Å². The highest BCUT2D eigenvalue weighted by Gasteiger charge is 2.08. The molecule has 1 aromatic heterocycles. The van der Waals surface area contributed by atoms with Crippen molar-refractivity contribution in [2.45, 2.75) is 27.0 Å². The molecular weight excluding hydrogens is 205 g/mol. The number of hydrogen-bond acceptors (Lipinski definition) is 1. The maximum Gasteiger partial charge on any atom is 0.125 e. The zero-order valence-electron chi connectivity index (χ0n) is 9.66. The van der Waals surface area contributed by atoms with E-state index in [-0.39, 0.29) is 5.82 Å². The molecule has 0 saturated carbocycles. The van der Waals surface area contributed by atoms with Crippen molar-refractivity contribution in [1.82, 2.24) is 4.57 Å². The van der Waals surface area contributed by atoms with Gasteiger partial charge in [-0.15, -0.1) is 0 Å². The normalized spacial score (nSPS) is 11.2. The van der Waals surface area contributed by atoms with E-state index in [1.807, 2.05) is 23.8 Å². The van der Waals surface area contributed by atoms with Crippen LogP contribution in [0.3, 0.4) is 0 Å². The Morgan fingerprint density at radius 2 is 2.12 bits per heavy atom. The van der Waals surface area contributed by atoms with Gasteiger partial charge in [0.2, 0.25) is 0 Å². The van der Waals surface area contributed by atoms with Gasteiger partial charge in [-0.1, -0.05) is 0 Å². The summed E-state index contributed by atoms with van der Waals surface area (Å²) in [7, 11) is 0. The van der Waals surface area contributed by atoms with Gasteiger partial charge < -0.3 is 9.30 Å². The van der Waals surface area contributed by atoms with Gasteiger partial charge in [0, 0.05) is 30.3 Å². The van der Waals surface area contributed by atoms with Crippen LogP contribution in [0.15, 0.2) is 24.4 Å². The largest absolute Gasteiger partial charge is 0.377 e. The van der Waals surface area contributed by atoms with E-state index in [1.165, 1.54) is 6.07 Å². The highest BCUT2D eigenvalue weighted by atomic mass is 19.1. The lowest BCUT2D eigenvalue weighted by molar-refractivity contribution is 0.135. The van der Waals surface area contributed by atoms with Crippen LogP contribution in [0.2, 0.25) is 0 Å². The highest BCUT2D eigenvalue weighted by molar-refractivity contribution is 5.84. The predicted molar refractivity (Wildman–Crippen MR) is 62.9 cm³/mol. The van der Waals surface area contributed by atoms with Crippen molar-refractivity contribution in [2.75, 3.05) is 6.61 Å². The zero-order chi connectivity index (χ0) is 11.5. The second-order valence-corrected chi connectivity index (χ2v) is 3.74. The summed E-state index contributed by atoms with van der Waals surface area (Å²) in [5.41, 5.74) is 2.07. The molecule has 1 heterocycles. The topological polar surface area (TPSA) is 14.2 Å². The molecule has 2 aromatic rings. The van der Waals surface area contributed by atoms with Crippen LogP contribution in [0.5, 0.6) is 0 Å². The lowest BCUT2D eigenvalue weighted by atomic mass is 10.2. The predicted octanol–water partition coefficient (Wildman–Crippen LogP) is 3.34. The van der Waals surface area contributed by atoms with E-state index in [2.05, 4.69) is 6.92 Å². The fourth-order valence-electron chi connectivity index (χ4n) is 1.93. The van der Waals surface area contributed by atoms with Crippen molar-refractivity contribution >= 4 is 10.9 Å². The molecule has 0 aliphatic carbocycles. The van der Waals surface area contributed by atoms with Crippen molar-refractivity contribution in [3.8, 4) is 0 Å². The number of hydrogen-bond donors (Lipinski definition) is 0.